The summed E-state index contributed by atoms with van der Waals surface area (Å²) in [6.07, 6.45) is 10.3. The van der Waals surface area contributed by atoms with Gasteiger partial charge < -0.3 is 0 Å². The highest BCUT2D eigenvalue weighted by Crippen LogP contribution is 2.33. The van der Waals surface area contributed by atoms with Gasteiger partial charge in [0.1, 0.15) is 0 Å². The zero-order valence-corrected chi connectivity index (χ0v) is 13.5. The first-order chi connectivity index (χ1) is 10.8. The third-order valence-corrected chi connectivity index (χ3v) is 3.65. The maximum absolute atomic E-state index is 3.51. The van der Waals surface area contributed by atoms with Gasteiger partial charge in [0.2, 0.25) is 0 Å². The SMILES string of the molecule is C=CC=CCC.CC1=Cc2c(cccc2-c2ccccc2)C1. The first kappa shape index (κ1) is 16.0. The van der Waals surface area contributed by atoms with Gasteiger partial charge in [-0.25, -0.2) is 0 Å². The van der Waals surface area contributed by atoms with Crippen molar-refractivity contribution in [3.8, 4) is 11.1 Å². The molecule has 0 heteroatoms. The summed E-state index contributed by atoms with van der Waals surface area (Å²) < 4.78 is 0. The van der Waals surface area contributed by atoms with E-state index in [0.717, 1.165) is 12.8 Å². The molecule has 0 atom stereocenters. The van der Waals surface area contributed by atoms with E-state index in [0.29, 0.717) is 0 Å². The smallest absolute Gasteiger partial charge is 0.00604 e. The third-order valence-electron chi connectivity index (χ3n) is 3.65. The number of allylic oxidation sites excluding steroid dienone is 4. The van der Waals surface area contributed by atoms with Gasteiger partial charge in [-0.15, -0.1) is 0 Å². The second kappa shape index (κ2) is 8.19. The molecule has 0 bridgehead atoms. The number of hydrogen-bond acceptors (Lipinski definition) is 0. The lowest BCUT2D eigenvalue weighted by Crippen LogP contribution is -1.86. The van der Waals surface area contributed by atoms with Gasteiger partial charge in [-0.1, -0.05) is 91.9 Å². The second-order valence-electron chi connectivity index (χ2n) is 5.48. The Bertz CT molecular complexity index is 672. The molecule has 0 heterocycles. The van der Waals surface area contributed by atoms with Gasteiger partial charge in [0, 0.05) is 0 Å². The van der Waals surface area contributed by atoms with Crippen LogP contribution in [0.3, 0.4) is 0 Å². The molecule has 0 amide bonds. The number of rotatable bonds is 3. The molecule has 0 nitrogen and oxygen atoms in total. The van der Waals surface area contributed by atoms with Crippen LogP contribution in [0, 0.1) is 0 Å². The first-order valence-electron chi connectivity index (χ1n) is 7.88. The molecule has 22 heavy (non-hydrogen) atoms. The number of fused-ring (bicyclic) bond motifs is 1. The summed E-state index contributed by atoms with van der Waals surface area (Å²) >= 11 is 0. The van der Waals surface area contributed by atoms with E-state index in [2.05, 4.69) is 81.1 Å². The molecule has 0 spiro atoms. The molecule has 0 aliphatic heterocycles. The van der Waals surface area contributed by atoms with Crippen molar-refractivity contribution in [1.82, 2.24) is 0 Å². The molecule has 0 fully saturated rings. The van der Waals surface area contributed by atoms with Crippen molar-refractivity contribution in [3.63, 3.8) is 0 Å². The predicted molar refractivity (Wildman–Crippen MR) is 98.9 cm³/mol. The van der Waals surface area contributed by atoms with E-state index >= 15 is 0 Å². The maximum atomic E-state index is 3.51. The zero-order chi connectivity index (χ0) is 15.8. The Morgan fingerprint density at radius 1 is 1.05 bits per heavy atom. The minimum atomic E-state index is 1.10. The number of benzene rings is 2. The highest BCUT2D eigenvalue weighted by Gasteiger charge is 2.13. The molecule has 112 valence electrons. The fourth-order valence-corrected chi connectivity index (χ4v) is 2.64. The largest absolute Gasteiger partial charge is 0.0991 e. The van der Waals surface area contributed by atoms with Gasteiger partial charge >= 0.3 is 0 Å². The maximum Gasteiger partial charge on any atom is -0.00604 e. The first-order valence-corrected chi connectivity index (χ1v) is 7.88. The fraction of sp³-hybridized carbons (Fsp3) is 0.182. The molecule has 0 saturated carbocycles. The average molecular weight is 288 g/mol. The van der Waals surface area contributed by atoms with Crippen LogP contribution in [0.25, 0.3) is 17.2 Å². The van der Waals surface area contributed by atoms with Crippen LogP contribution in [-0.2, 0) is 6.42 Å². The van der Waals surface area contributed by atoms with Gasteiger partial charge in [0.05, 0.1) is 0 Å². The second-order valence-corrected chi connectivity index (χ2v) is 5.48. The van der Waals surface area contributed by atoms with E-state index in [1.54, 1.807) is 6.08 Å². The molecule has 0 aromatic heterocycles. The average Bonchev–Trinajstić information content (AvgIpc) is 2.94. The minimum absolute atomic E-state index is 1.10. The molecule has 0 unspecified atom stereocenters. The minimum Gasteiger partial charge on any atom is -0.0991 e. The van der Waals surface area contributed by atoms with E-state index < -0.39 is 0 Å². The van der Waals surface area contributed by atoms with Gasteiger partial charge in [-0.05, 0) is 42.0 Å². The van der Waals surface area contributed by atoms with E-state index in [1.807, 2.05) is 6.08 Å². The van der Waals surface area contributed by atoms with Gasteiger partial charge in [0.25, 0.3) is 0 Å². The Kier molecular flexibility index (Phi) is 5.97. The highest BCUT2D eigenvalue weighted by molar-refractivity contribution is 5.80. The molecule has 1 aliphatic carbocycles. The predicted octanol–water partition coefficient (Wildman–Crippen LogP) is 6.45. The van der Waals surface area contributed by atoms with E-state index in [-0.39, 0.29) is 0 Å². The van der Waals surface area contributed by atoms with Crippen molar-refractivity contribution in [2.24, 2.45) is 0 Å². The van der Waals surface area contributed by atoms with E-state index in [4.69, 9.17) is 0 Å². The Labute approximate surface area is 134 Å². The molecule has 3 rings (SSSR count). The summed E-state index contributed by atoms with van der Waals surface area (Å²) in [7, 11) is 0. The van der Waals surface area contributed by atoms with E-state index in [1.165, 1.54) is 27.8 Å². The Morgan fingerprint density at radius 2 is 1.82 bits per heavy atom. The standard InChI is InChI=1S/C16H14.C6H10/c1-12-10-14-8-5-9-15(16(14)11-12)13-6-3-2-4-7-13;1-3-5-6-4-2/h2-9,11H,10H2,1H3;3,5-6H,1,4H2,2H3. The van der Waals surface area contributed by atoms with Crippen molar-refractivity contribution in [2.45, 2.75) is 26.7 Å². The Hall–Kier alpha value is -2.34. The summed E-state index contributed by atoms with van der Waals surface area (Å²) in [5, 5.41) is 0. The van der Waals surface area contributed by atoms with Crippen molar-refractivity contribution >= 4 is 6.08 Å². The van der Waals surface area contributed by atoms with Gasteiger partial charge in [-0.3, -0.25) is 0 Å². The quantitative estimate of drug-likeness (QED) is 0.569. The fourth-order valence-electron chi connectivity index (χ4n) is 2.64. The van der Waals surface area contributed by atoms with Crippen molar-refractivity contribution in [1.29, 1.82) is 0 Å². The molecule has 0 radical (unpaired) electrons. The molecular weight excluding hydrogens is 264 g/mol. The lowest BCUT2D eigenvalue weighted by molar-refractivity contribution is 1.20. The lowest BCUT2D eigenvalue weighted by atomic mass is 9.97. The normalized spacial score (nSPS) is 12.4. The molecule has 0 saturated heterocycles. The molecule has 2 aromatic rings. The molecular formula is C22H24. The van der Waals surface area contributed by atoms with E-state index in [9.17, 15) is 0 Å². The Morgan fingerprint density at radius 3 is 2.45 bits per heavy atom. The van der Waals surface area contributed by atoms with Crippen LogP contribution in [0.2, 0.25) is 0 Å². The van der Waals surface area contributed by atoms with Crippen LogP contribution in [0.4, 0.5) is 0 Å². The third kappa shape index (κ3) is 4.08. The summed E-state index contributed by atoms with van der Waals surface area (Å²) in [5.41, 5.74) is 6.99. The zero-order valence-electron chi connectivity index (χ0n) is 13.5. The van der Waals surface area contributed by atoms with Crippen molar-refractivity contribution in [2.75, 3.05) is 0 Å². The van der Waals surface area contributed by atoms with Crippen molar-refractivity contribution in [3.05, 3.63) is 90.0 Å². The van der Waals surface area contributed by atoms with Crippen LogP contribution in [0.15, 0.2) is 78.9 Å². The van der Waals surface area contributed by atoms with Gasteiger partial charge in [-0.2, -0.15) is 0 Å². The molecule has 2 aromatic carbocycles. The molecule has 0 N–H and O–H groups in total. The summed E-state index contributed by atoms with van der Waals surface area (Å²) in [5.74, 6) is 0. The highest BCUT2D eigenvalue weighted by atomic mass is 14.2. The summed E-state index contributed by atoms with van der Waals surface area (Å²) in [6.45, 7) is 7.81. The Balaban J connectivity index is 0.000000254. The van der Waals surface area contributed by atoms with Crippen LogP contribution < -0.4 is 0 Å². The summed E-state index contributed by atoms with van der Waals surface area (Å²) in [6, 6.07) is 17.2. The van der Waals surface area contributed by atoms with Gasteiger partial charge in [0.15, 0.2) is 0 Å². The lowest BCUT2D eigenvalue weighted by Gasteiger charge is -2.07. The summed E-state index contributed by atoms with van der Waals surface area (Å²) in [4.78, 5) is 0. The van der Waals surface area contributed by atoms with Crippen molar-refractivity contribution < 1.29 is 0 Å². The monoisotopic (exact) mass is 288 g/mol. The van der Waals surface area contributed by atoms with Crippen LogP contribution >= 0.6 is 0 Å². The molecule has 1 aliphatic rings. The topological polar surface area (TPSA) is 0 Å². The van der Waals surface area contributed by atoms with Crippen LogP contribution in [0.5, 0.6) is 0 Å². The van der Waals surface area contributed by atoms with Crippen LogP contribution in [-0.4, -0.2) is 0 Å². The van der Waals surface area contributed by atoms with Crippen LogP contribution in [0.1, 0.15) is 31.4 Å². The number of hydrogen-bond donors (Lipinski definition) is 0.